The number of piperidine rings is 2. The summed E-state index contributed by atoms with van der Waals surface area (Å²) in [6.07, 6.45) is 5.27. The number of methoxy groups -OCH3 is 2. The summed E-state index contributed by atoms with van der Waals surface area (Å²) in [5.74, 6) is 2.05. The Labute approximate surface area is 227 Å². The molecule has 2 aromatic carbocycles. The smallest absolute Gasteiger partial charge is 0.243 e. The van der Waals surface area contributed by atoms with Crippen LogP contribution in [0.15, 0.2) is 47.4 Å². The Morgan fingerprint density at radius 3 is 2.29 bits per heavy atom. The van der Waals surface area contributed by atoms with Gasteiger partial charge in [0.1, 0.15) is 11.5 Å². The summed E-state index contributed by atoms with van der Waals surface area (Å²) < 4.78 is 38.7. The van der Waals surface area contributed by atoms with Gasteiger partial charge in [0.25, 0.3) is 0 Å². The van der Waals surface area contributed by atoms with Gasteiger partial charge in [-0.1, -0.05) is 25.5 Å². The topological polar surface area (TPSA) is 88.2 Å². The molecule has 0 aliphatic carbocycles. The minimum atomic E-state index is -3.53. The van der Waals surface area contributed by atoms with E-state index < -0.39 is 10.0 Å². The van der Waals surface area contributed by atoms with Crippen LogP contribution in [-0.4, -0.2) is 76.9 Å². The van der Waals surface area contributed by atoms with Crippen molar-refractivity contribution in [3.63, 3.8) is 0 Å². The first kappa shape index (κ1) is 28.5. The number of carbonyl (C=O) groups excluding carboxylic acids is 1. The van der Waals surface area contributed by atoms with E-state index in [1.165, 1.54) is 6.42 Å². The van der Waals surface area contributed by atoms with Crippen molar-refractivity contribution in [2.75, 3.05) is 53.5 Å². The molecule has 9 heteroatoms. The van der Waals surface area contributed by atoms with Crippen molar-refractivity contribution >= 4 is 15.8 Å². The van der Waals surface area contributed by atoms with Crippen LogP contribution in [0.3, 0.4) is 0 Å². The van der Waals surface area contributed by atoms with Gasteiger partial charge < -0.3 is 14.8 Å². The molecule has 208 valence electrons. The Balaban J connectivity index is 1.41. The Morgan fingerprint density at radius 2 is 1.66 bits per heavy atom. The van der Waals surface area contributed by atoms with E-state index in [0.717, 1.165) is 55.8 Å². The van der Waals surface area contributed by atoms with Gasteiger partial charge in [0.05, 0.1) is 31.7 Å². The molecule has 1 unspecified atom stereocenters. The highest BCUT2D eigenvalue weighted by Gasteiger charge is 2.28. The van der Waals surface area contributed by atoms with Crippen LogP contribution in [0.2, 0.25) is 0 Å². The largest absolute Gasteiger partial charge is 0.497 e. The molecule has 0 spiro atoms. The van der Waals surface area contributed by atoms with E-state index in [1.54, 1.807) is 42.8 Å². The van der Waals surface area contributed by atoms with E-state index in [1.807, 2.05) is 18.2 Å². The molecule has 0 saturated carbocycles. The molecule has 8 nitrogen and oxygen atoms in total. The van der Waals surface area contributed by atoms with Gasteiger partial charge in [0.15, 0.2) is 5.78 Å². The van der Waals surface area contributed by atoms with Gasteiger partial charge in [0, 0.05) is 30.8 Å². The Kier molecular flexibility index (Phi) is 9.81. The molecule has 1 atom stereocenters. The molecular formula is C29H41N3O5S. The number of nitrogens with zero attached hydrogens (tertiary/aromatic N) is 2. The van der Waals surface area contributed by atoms with Crippen LogP contribution < -0.4 is 14.8 Å². The Bertz CT molecular complexity index is 1170. The molecule has 0 radical (unpaired) electrons. The number of nitrogens with one attached hydrogen (secondary N) is 1. The third-order valence-electron chi connectivity index (χ3n) is 7.81. The molecule has 2 aromatic rings. The fourth-order valence-electron chi connectivity index (χ4n) is 5.38. The van der Waals surface area contributed by atoms with E-state index >= 15 is 0 Å². The first-order chi connectivity index (χ1) is 18.3. The van der Waals surface area contributed by atoms with Crippen molar-refractivity contribution in [1.29, 1.82) is 0 Å². The number of ether oxygens (including phenoxy) is 2. The van der Waals surface area contributed by atoms with Crippen molar-refractivity contribution in [2.24, 2.45) is 5.92 Å². The maximum Gasteiger partial charge on any atom is 0.243 e. The minimum Gasteiger partial charge on any atom is -0.497 e. The second-order valence-electron chi connectivity index (χ2n) is 10.4. The van der Waals surface area contributed by atoms with E-state index in [9.17, 15) is 13.2 Å². The number of rotatable bonds is 11. The van der Waals surface area contributed by atoms with Crippen LogP contribution in [0.5, 0.6) is 11.5 Å². The lowest BCUT2D eigenvalue weighted by atomic mass is 10.00. The summed E-state index contributed by atoms with van der Waals surface area (Å²) in [6.45, 7) is 5.97. The van der Waals surface area contributed by atoms with Crippen LogP contribution in [-0.2, 0) is 10.0 Å². The highest BCUT2D eigenvalue weighted by molar-refractivity contribution is 7.89. The summed E-state index contributed by atoms with van der Waals surface area (Å²) in [7, 11) is -0.206. The number of likely N-dealkylation sites (tertiary alicyclic amines) is 1. The number of ketones is 1. The molecule has 0 bridgehead atoms. The van der Waals surface area contributed by atoms with Crippen molar-refractivity contribution < 1.29 is 22.7 Å². The van der Waals surface area contributed by atoms with E-state index in [4.69, 9.17) is 9.47 Å². The maximum absolute atomic E-state index is 13.0. The zero-order chi connectivity index (χ0) is 27.1. The van der Waals surface area contributed by atoms with E-state index in [0.29, 0.717) is 31.1 Å². The van der Waals surface area contributed by atoms with Crippen LogP contribution in [0.4, 0.5) is 0 Å². The van der Waals surface area contributed by atoms with Gasteiger partial charge in [-0.15, -0.1) is 0 Å². The summed E-state index contributed by atoms with van der Waals surface area (Å²) in [6, 6.07) is 12.2. The van der Waals surface area contributed by atoms with Gasteiger partial charge in [0.2, 0.25) is 10.0 Å². The normalized spacial score (nSPS) is 18.7. The molecule has 0 aromatic heterocycles. The van der Waals surface area contributed by atoms with Crippen LogP contribution in [0.1, 0.15) is 61.0 Å². The summed E-state index contributed by atoms with van der Waals surface area (Å²) in [5, 5.41) is 3.35. The average molecular weight is 544 g/mol. The standard InChI is InChI=1S/C29H41N3O5S/c1-22-13-17-32(18-14-22)38(34,35)25-10-7-23(8-11-25)28(33)21-30-20-27(31-15-5-4-6-16-31)26-19-24(36-2)9-12-29(26)37-3/h7-12,19,22,27,30H,4-6,13-18,20-21H2,1-3H3. The van der Waals surface area contributed by atoms with Crippen molar-refractivity contribution in [2.45, 2.75) is 50.0 Å². The van der Waals surface area contributed by atoms with Crippen LogP contribution >= 0.6 is 0 Å². The van der Waals surface area contributed by atoms with Crippen LogP contribution in [0, 0.1) is 5.92 Å². The first-order valence-electron chi connectivity index (χ1n) is 13.6. The third-order valence-corrected chi connectivity index (χ3v) is 9.72. The van der Waals surface area contributed by atoms with Gasteiger partial charge in [-0.25, -0.2) is 8.42 Å². The van der Waals surface area contributed by atoms with Gasteiger partial charge in [-0.2, -0.15) is 4.31 Å². The zero-order valence-corrected chi connectivity index (χ0v) is 23.6. The van der Waals surface area contributed by atoms with E-state index in [2.05, 4.69) is 17.1 Å². The lowest BCUT2D eigenvalue weighted by Crippen LogP contribution is -2.40. The number of sulfonamides is 1. The van der Waals surface area contributed by atoms with Gasteiger partial charge in [-0.3, -0.25) is 9.69 Å². The molecule has 4 rings (SSSR count). The number of benzene rings is 2. The number of hydrogen-bond acceptors (Lipinski definition) is 7. The SMILES string of the molecule is COc1ccc(OC)c(C(CNCC(=O)c2ccc(S(=O)(=O)N3CCC(C)CC3)cc2)N2CCCCC2)c1. The highest BCUT2D eigenvalue weighted by atomic mass is 32.2. The fourth-order valence-corrected chi connectivity index (χ4v) is 6.85. The van der Waals surface area contributed by atoms with Crippen molar-refractivity contribution in [3.8, 4) is 11.5 Å². The predicted octanol–water partition coefficient (Wildman–Crippen LogP) is 4.12. The predicted molar refractivity (Wildman–Crippen MR) is 149 cm³/mol. The van der Waals surface area contributed by atoms with Crippen molar-refractivity contribution in [3.05, 3.63) is 53.6 Å². The number of carbonyl (C=O) groups is 1. The fraction of sp³-hybridized carbons (Fsp3) is 0.552. The second kappa shape index (κ2) is 13.1. The molecule has 2 heterocycles. The summed E-state index contributed by atoms with van der Waals surface area (Å²) >= 11 is 0. The van der Waals surface area contributed by atoms with Crippen LogP contribution in [0.25, 0.3) is 0 Å². The number of Topliss-reactive ketones (excluding diaryl/α,β-unsaturated/α-hetero) is 1. The molecular weight excluding hydrogens is 502 g/mol. The molecule has 2 aliphatic heterocycles. The highest BCUT2D eigenvalue weighted by Crippen LogP contribution is 2.34. The summed E-state index contributed by atoms with van der Waals surface area (Å²) in [5.41, 5.74) is 1.53. The zero-order valence-electron chi connectivity index (χ0n) is 22.8. The Hall–Kier alpha value is -2.46. The van der Waals surface area contributed by atoms with Gasteiger partial charge in [-0.05, 0) is 75.0 Å². The quantitative estimate of drug-likeness (QED) is 0.427. The monoisotopic (exact) mass is 543 g/mol. The van der Waals surface area contributed by atoms with E-state index in [-0.39, 0.29) is 23.3 Å². The lowest BCUT2D eigenvalue weighted by Gasteiger charge is -2.35. The molecule has 2 aliphatic rings. The lowest BCUT2D eigenvalue weighted by molar-refractivity contribution is 0.0983. The third kappa shape index (κ3) is 6.75. The summed E-state index contributed by atoms with van der Waals surface area (Å²) in [4.78, 5) is 15.7. The molecule has 1 N–H and O–H groups in total. The van der Waals surface area contributed by atoms with Gasteiger partial charge >= 0.3 is 0 Å². The maximum atomic E-state index is 13.0. The number of hydrogen-bond donors (Lipinski definition) is 1. The molecule has 2 saturated heterocycles. The molecule has 38 heavy (non-hydrogen) atoms. The first-order valence-corrected chi connectivity index (χ1v) is 15.1. The Morgan fingerprint density at radius 1 is 0.974 bits per heavy atom. The molecule has 0 amide bonds. The average Bonchev–Trinajstić information content (AvgIpc) is 2.95. The molecule has 2 fully saturated rings. The minimum absolute atomic E-state index is 0.0351. The second-order valence-corrected chi connectivity index (χ2v) is 12.3. The van der Waals surface area contributed by atoms with Crippen molar-refractivity contribution in [1.82, 2.24) is 14.5 Å².